The van der Waals surface area contributed by atoms with Crippen molar-refractivity contribution in [1.29, 1.82) is 0 Å². The Morgan fingerprint density at radius 1 is 1.50 bits per heavy atom. The topological polar surface area (TPSA) is 20.2 Å². The van der Waals surface area contributed by atoms with E-state index in [1.54, 1.807) is 0 Å². The Morgan fingerprint density at radius 3 is 2.75 bits per heavy atom. The zero-order valence-corrected chi connectivity index (χ0v) is 5.01. The lowest BCUT2D eigenvalue weighted by Crippen LogP contribution is -2.03. The smallest absolute Gasteiger partial charge is 0.274 e. The van der Waals surface area contributed by atoms with Gasteiger partial charge in [0.1, 0.15) is 0 Å². The van der Waals surface area contributed by atoms with Gasteiger partial charge in [-0.15, -0.1) is 0 Å². The van der Waals surface area contributed by atoms with Crippen LogP contribution in [0.3, 0.4) is 0 Å². The summed E-state index contributed by atoms with van der Waals surface area (Å²) < 4.78 is 0. The van der Waals surface area contributed by atoms with Crippen LogP contribution in [-0.2, 0) is 0 Å². The Bertz CT molecular complexity index is 90.5. The molecule has 0 spiro atoms. The molecule has 0 aromatic carbocycles. The molecule has 0 aromatic heterocycles. The summed E-state index contributed by atoms with van der Waals surface area (Å²) in [5.74, 6) is 0.556. The van der Waals surface area contributed by atoms with Crippen LogP contribution in [0.5, 0.6) is 0 Å². The van der Waals surface area contributed by atoms with Gasteiger partial charge in [0.15, 0.2) is 0 Å². The average molecular weight is 110 g/mol. The van der Waals surface area contributed by atoms with Crippen LogP contribution in [0.4, 0.5) is 0 Å². The van der Waals surface area contributed by atoms with Gasteiger partial charge >= 0.3 is 0 Å². The molecule has 0 amide bonds. The highest BCUT2D eigenvalue weighted by molar-refractivity contribution is 6.27. The number of hydrogen-bond donors (Lipinski definition) is 1. The summed E-state index contributed by atoms with van der Waals surface area (Å²) >= 11 is 0. The van der Waals surface area contributed by atoms with E-state index in [1.165, 1.54) is 6.42 Å². The molecule has 1 rings (SSSR count). The zero-order chi connectivity index (χ0) is 5.82. The van der Waals surface area contributed by atoms with Crippen molar-refractivity contribution in [3.63, 3.8) is 0 Å². The molecule has 1 N–H and O–H groups in total. The van der Waals surface area contributed by atoms with Crippen molar-refractivity contribution in [1.82, 2.24) is 0 Å². The van der Waals surface area contributed by atoms with Crippen molar-refractivity contribution in [3.8, 4) is 0 Å². The fourth-order valence-corrected chi connectivity index (χ4v) is 1.02. The summed E-state index contributed by atoms with van der Waals surface area (Å²) in [6.07, 6.45) is 7.76. The normalized spacial score (nSPS) is 27.9. The van der Waals surface area contributed by atoms with Crippen molar-refractivity contribution < 1.29 is 5.02 Å². The minimum atomic E-state index is 0.365. The zero-order valence-electron chi connectivity index (χ0n) is 5.01. The maximum absolute atomic E-state index is 8.66. The van der Waals surface area contributed by atoms with Gasteiger partial charge in [-0.05, 0) is 18.7 Å². The van der Waals surface area contributed by atoms with E-state index in [0.717, 1.165) is 12.8 Å². The first kappa shape index (κ1) is 5.89. The molecule has 0 saturated heterocycles. The second kappa shape index (κ2) is 2.93. The van der Waals surface area contributed by atoms with Crippen LogP contribution in [0.1, 0.15) is 19.3 Å². The molecule has 0 aliphatic heterocycles. The highest BCUT2D eigenvalue weighted by Gasteiger charge is 2.08. The van der Waals surface area contributed by atoms with Crippen LogP contribution in [0, 0.1) is 0 Å². The molecule has 44 valence electrons. The number of allylic oxidation sites excluding steroid dienone is 2. The lowest BCUT2D eigenvalue weighted by Gasteiger charge is -2.11. The first-order chi connectivity index (χ1) is 3.93. The van der Waals surface area contributed by atoms with Gasteiger partial charge in [-0.2, -0.15) is 0 Å². The molecule has 0 radical (unpaired) electrons. The van der Waals surface area contributed by atoms with Gasteiger partial charge in [0.05, 0.1) is 0 Å². The maximum atomic E-state index is 8.66. The van der Waals surface area contributed by atoms with Crippen molar-refractivity contribution >= 4 is 7.48 Å². The summed E-state index contributed by atoms with van der Waals surface area (Å²) in [6, 6.07) is 0. The fraction of sp³-hybridized carbons (Fsp3) is 0.667. The molecule has 0 heterocycles. The second-order valence-corrected chi connectivity index (χ2v) is 2.33. The highest BCUT2D eigenvalue weighted by Crippen LogP contribution is 2.21. The molecule has 1 atom stereocenters. The van der Waals surface area contributed by atoms with Gasteiger partial charge in [-0.25, -0.2) is 0 Å². The van der Waals surface area contributed by atoms with E-state index in [-0.39, 0.29) is 0 Å². The van der Waals surface area contributed by atoms with Crippen molar-refractivity contribution in [3.05, 3.63) is 12.2 Å². The molecule has 1 nitrogen and oxygen atoms in total. The number of hydrogen-bond acceptors (Lipinski definition) is 1. The van der Waals surface area contributed by atoms with Crippen LogP contribution in [-0.4, -0.2) is 12.5 Å². The molecule has 0 saturated carbocycles. The SMILES string of the molecule is OB[C@@H]1CC=CCC1. The molecule has 0 unspecified atom stereocenters. The monoisotopic (exact) mass is 110 g/mol. The Hall–Kier alpha value is -0.235. The maximum Gasteiger partial charge on any atom is 0.274 e. The van der Waals surface area contributed by atoms with Crippen LogP contribution in [0.25, 0.3) is 0 Å². The van der Waals surface area contributed by atoms with E-state index < -0.39 is 0 Å². The third kappa shape index (κ3) is 1.37. The molecule has 0 bridgehead atoms. The predicted octanol–water partition coefficient (Wildman–Crippen LogP) is 0.859. The predicted molar refractivity (Wildman–Crippen MR) is 36.1 cm³/mol. The van der Waals surface area contributed by atoms with E-state index in [1.807, 2.05) is 0 Å². The minimum absolute atomic E-state index is 0.365. The van der Waals surface area contributed by atoms with Gasteiger partial charge in [0.2, 0.25) is 0 Å². The fourth-order valence-electron chi connectivity index (χ4n) is 1.02. The van der Waals surface area contributed by atoms with Crippen molar-refractivity contribution in [2.45, 2.75) is 25.1 Å². The Balaban J connectivity index is 2.27. The van der Waals surface area contributed by atoms with E-state index in [0.29, 0.717) is 13.3 Å². The highest BCUT2D eigenvalue weighted by atomic mass is 16.2. The van der Waals surface area contributed by atoms with Crippen molar-refractivity contribution in [2.75, 3.05) is 0 Å². The third-order valence-corrected chi connectivity index (χ3v) is 1.64. The second-order valence-electron chi connectivity index (χ2n) is 2.33. The van der Waals surface area contributed by atoms with Crippen LogP contribution < -0.4 is 0 Å². The summed E-state index contributed by atoms with van der Waals surface area (Å²) in [5, 5.41) is 8.66. The van der Waals surface area contributed by atoms with Gasteiger partial charge in [0, 0.05) is 0 Å². The van der Waals surface area contributed by atoms with Crippen LogP contribution >= 0.6 is 0 Å². The molecule has 1 aliphatic rings. The summed E-state index contributed by atoms with van der Waals surface area (Å²) in [5.41, 5.74) is 0. The minimum Gasteiger partial charge on any atom is -0.454 e. The molecule has 0 fully saturated rings. The largest absolute Gasteiger partial charge is 0.454 e. The molecule has 8 heavy (non-hydrogen) atoms. The Morgan fingerprint density at radius 2 is 2.38 bits per heavy atom. The first-order valence-corrected chi connectivity index (χ1v) is 3.19. The van der Waals surface area contributed by atoms with Gasteiger partial charge < -0.3 is 5.02 Å². The van der Waals surface area contributed by atoms with E-state index in [2.05, 4.69) is 12.2 Å². The van der Waals surface area contributed by atoms with E-state index in [9.17, 15) is 0 Å². The third-order valence-electron chi connectivity index (χ3n) is 1.64. The van der Waals surface area contributed by atoms with Crippen LogP contribution in [0.15, 0.2) is 12.2 Å². The van der Waals surface area contributed by atoms with E-state index >= 15 is 0 Å². The Labute approximate surface area is 50.7 Å². The van der Waals surface area contributed by atoms with E-state index in [4.69, 9.17) is 5.02 Å². The molecule has 0 aromatic rings. The Kier molecular flexibility index (Phi) is 2.16. The van der Waals surface area contributed by atoms with Gasteiger partial charge in [0.25, 0.3) is 7.48 Å². The molecule has 1 aliphatic carbocycles. The molecule has 2 heteroatoms. The summed E-state index contributed by atoms with van der Waals surface area (Å²) in [7, 11) is 0.365. The number of rotatable bonds is 1. The summed E-state index contributed by atoms with van der Waals surface area (Å²) in [4.78, 5) is 0. The lowest BCUT2D eigenvalue weighted by molar-refractivity contribution is 0.557. The lowest BCUT2D eigenvalue weighted by atomic mass is 9.73. The molecular weight excluding hydrogens is 98.9 g/mol. The van der Waals surface area contributed by atoms with Crippen molar-refractivity contribution in [2.24, 2.45) is 0 Å². The quantitative estimate of drug-likeness (QED) is 0.392. The van der Waals surface area contributed by atoms with Crippen LogP contribution in [0.2, 0.25) is 5.82 Å². The molecular formula is C6H11BO. The van der Waals surface area contributed by atoms with Gasteiger partial charge in [-0.1, -0.05) is 18.6 Å². The average Bonchev–Trinajstić information content (AvgIpc) is 1.90. The van der Waals surface area contributed by atoms with Gasteiger partial charge in [-0.3, -0.25) is 0 Å². The standard InChI is InChI=1S/C6H11BO/c8-7-6-4-2-1-3-5-6/h1-2,6-8H,3-5H2/t6-/m1/s1. The summed E-state index contributed by atoms with van der Waals surface area (Å²) in [6.45, 7) is 0. The first-order valence-electron chi connectivity index (χ1n) is 3.19.